The first-order valence-corrected chi connectivity index (χ1v) is 8.18. The van der Waals surface area contributed by atoms with Gasteiger partial charge in [0.1, 0.15) is 24.8 Å². The normalized spacial score (nSPS) is 12.7. The molecule has 0 radical (unpaired) electrons. The molecule has 1 heterocycles. The van der Waals surface area contributed by atoms with Gasteiger partial charge in [-0.05, 0) is 42.5 Å². The second-order valence-corrected chi connectivity index (χ2v) is 5.71. The van der Waals surface area contributed by atoms with E-state index in [-0.39, 0.29) is 42.3 Å². The molecule has 0 saturated carbocycles. The highest BCUT2D eigenvalue weighted by Gasteiger charge is 2.35. The molecule has 6 nitrogen and oxygen atoms in total. The Morgan fingerprint density at radius 2 is 1.74 bits per heavy atom. The van der Waals surface area contributed by atoms with Crippen molar-refractivity contribution in [3.05, 3.63) is 77.6 Å². The fraction of sp³-hybridized carbons (Fsp3) is 0.150. The van der Waals surface area contributed by atoms with E-state index in [1.165, 1.54) is 48.5 Å². The first-order chi connectivity index (χ1) is 13.0. The summed E-state index contributed by atoms with van der Waals surface area (Å²) in [6, 6.07) is 9.68. The topological polar surface area (TPSA) is 72.9 Å². The van der Waals surface area contributed by atoms with Crippen LogP contribution in [0, 0.1) is 5.82 Å². The fourth-order valence-electron chi connectivity index (χ4n) is 2.62. The largest absolute Gasteiger partial charge is 0.490 e. The van der Waals surface area contributed by atoms with Crippen molar-refractivity contribution in [1.29, 1.82) is 0 Å². The third kappa shape index (κ3) is 3.87. The number of hydrogen-bond acceptors (Lipinski definition) is 5. The maximum atomic E-state index is 12.8. The highest BCUT2D eigenvalue weighted by atomic mass is 19.1. The molecule has 2 aromatic rings. The molecule has 0 saturated heterocycles. The molecule has 7 heteroatoms. The molecule has 0 aromatic heterocycles. The number of halogens is 1. The highest BCUT2D eigenvalue weighted by Crippen LogP contribution is 2.24. The molecule has 27 heavy (non-hydrogen) atoms. The van der Waals surface area contributed by atoms with E-state index in [2.05, 4.69) is 6.58 Å². The lowest BCUT2D eigenvalue weighted by molar-refractivity contribution is 0.0450. The zero-order valence-corrected chi connectivity index (χ0v) is 14.3. The Balaban J connectivity index is 1.58. The van der Waals surface area contributed by atoms with Crippen LogP contribution >= 0.6 is 0 Å². The van der Waals surface area contributed by atoms with Gasteiger partial charge in [-0.1, -0.05) is 6.08 Å². The van der Waals surface area contributed by atoms with Gasteiger partial charge in [-0.3, -0.25) is 14.5 Å². The number of nitrogens with zero attached hydrogens (tertiary/aromatic N) is 1. The van der Waals surface area contributed by atoms with Crippen molar-refractivity contribution in [2.75, 3.05) is 19.8 Å². The van der Waals surface area contributed by atoms with Crippen molar-refractivity contribution in [3.63, 3.8) is 0 Å². The molecule has 1 aliphatic rings. The van der Waals surface area contributed by atoms with E-state index >= 15 is 0 Å². The average Bonchev–Trinajstić information content (AvgIpc) is 2.91. The van der Waals surface area contributed by atoms with Crippen LogP contribution in [0.4, 0.5) is 4.39 Å². The van der Waals surface area contributed by atoms with E-state index in [9.17, 15) is 18.8 Å². The predicted molar refractivity (Wildman–Crippen MR) is 94.2 cm³/mol. The Hall–Kier alpha value is -3.48. The van der Waals surface area contributed by atoms with Gasteiger partial charge in [-0.15, -0.1) is 6.58 Å². The van der Waals surface area contributed by atoms with Crippen LogP contribution in [0.5, 0.6) is 5.75 Å². The number of ether oxygens (including phenoxy) is 2. The first kappa shape index (κ1) is 18.3. The number of benzene rings is 2. The second kappa shape index (κ2) is 7.82. The molecule has 0 aliphatic carbocycles. The van der Waals surface area contributed by atoms with Gasteiger partial charge in [-0.25, -0.2) is 9.18 Å². The molecule has 0 atom stereocenters. The molecule has 0 spiro atoms. The maximum absolute atomic E-state index is 12.8. The Morgan fingerprint density at radius 3 is 2.44 bits per heavy atom. The molecule has 138 valence electrons. The molecule has 1 aliphatic heterocycles. The number of esters is 1. The van der Waals surface area contributed by atoms with Gasteiger partial charge in [-0.2, -0.15) is 0 Å². The van der Waals surface area contributed by atoms with E-state index < -0.39 is 17.8 Å². The maximum Gasteiger partial charge on any atom is 0.338 e. The number of hydrogen-bond donors (Lipinski definition) is 0. The lowest BCUT2D eigenvalue weighted by atomic mass is 10.1. The Labute approximate surface area is 154 Å². The molecule has 3 rings (SSSR count). The monoisotopic (exact) mass is 369 g/mol. The number of rotatable bonds is 7. The van der Waals surface area contributed by atoms with E-state index in [1.807, 2.05) is 0 Å². The standard InChI is InChI=1S/C20H16FNO5/c1-2-9-22-18(23)16-8-3-13(12-17(16)19(22)24)20(25)27-11-10-26-15-6-4-14(21)5-7-15/h2-8,12H,1,9-11H2. The molecule has 2 amide bonds. The number of carbonyl (C=O) groups excluding carboxylic acids is 3. The lowest BCUT2D eigenvalue weighted by Crippen LogP contribution is -2.29. The fourth-order valence-corrected chi connectivity index (χ4v) is 2.62. The summed E-state index contributed by atoms with van der Waals surface area (Å²) in [6.07, 6.45) is 1.46. The van der Waals surface area contributed by atoms with Crippen LogP contribution in [0.15, 0.2) is 55.1 Å². The van der Waals surface area contributed by atoms with Crippen molar-refractivity contribution in [1.82, 2.24) is 4.90 Å². The Bertz CT molecular complexity index is 907. The van der Waals surface area contributed by atoms with E-state index in [4.69, 9.17) is 9.47 Å². The summed E-state index contributed by atoms with van der Waals surface area (Å²) in [4.78, 5) is 37.6. The third-order valence-electron chi connectivity index (χ3n) is 3.92. The van der Waals surface area contributed by atoms with E-state index in [0.29, 0.717) is 5.75 Å². The number of carbonyl (C=O) groups is 3. The summed E-state index contributed by atoms with van der Waals surface area (Å²) in [6.45, 7) is 3.69. The first-order valence-electron chi connectivity index (χ1n) is 8.18. The predicted octanol–water partition coefficient (Wildman–Crippen LogP) is 2.84. The van der Waals surface area contributed by atoms with Crippen LogP contribution in [-0.2, 0) is 4.74 Å². The van der Waals surface area contributed by atoms with Crippen LogP contribution in [-0.4, -0.2) is 42.4 Å². The molecule has 0 bridgehead atoms. The van der Waals surface area contributed by atoms with Gasteiger partial charge in [0, 0.05) is 6.54 Å². The quantitative estimate of drug-likeness (QED) is 0.325. The van der Waals surface area contributed by atoms with Gasteiger partial charge >= 0.3 is 5.97 Å². The van der Waals surface area contributed by atoms with Crippen LogP contribution in [0.2, 0.25) is 0 Å². The Morgan fingerprint density at radius 1 is 1.04 bits per heavy atom. The minimum Gasteiger partial charge on any atom is -0.490 e. The van der Waals surface area contributed by atoms with Gasteiger partial charge in [0.05, 0.1) is 16.7 Å². The summed E-state index contributed by atoms with van der Waals surface area (Å²) in [5.74, 6) is -1.43. The van der Waals surface area contributed by atoms with Crippen LogP contribution in [0.1, 0.15) is 31.1 Å². The van der Waals surface area contributed by atoms with E-state index in [1.54, 1.807) is 0 Å². The van der Waals surface area contributed by atoms with Crippen molar-refractivity contribution >= 4 is 17.8 Å². The van der Waals surface area contributed by atoms with Crippen LogP contribution in [0.3, 0.4) is 0 Å². The van der Waals surface area contributed by atoms with Crippen molar-refractivity contribution in [2.45, 2.75) is 0 Å². The number of imide groups is 1. The second-order valence-electron chi connectivity index (χ2n) is 5.71. The average molecular weight is 369 g/mol. The molecular weight excluding hydrogens is 353 g/mol. The zero-order valence-electron chi connectivity index (χ0n) is 14.3. The van der Waals surface area contributed by atoms with Gasteiger partial charge < -0.3 is 9.47 Å². The minimum absolute atomic E-state index is 0.0250. The molecule has 0 fully saturated rings. The van der Waals surface area contributed by atoms with Crippen molar-refractivity contribution < 1.29 is 28.2 Å². The molecular formula is C20H16FNO5. The smallest absolute Gasteiger partial charge is 0.338 e. The SMILES string of the molecule is C=CCN1C(=O)c2ccc(C(=O)OCCOc3ccc(F)cc3)cc2C1=O. The van der Waals surface area contributed by atoms with Crippen molar-refractivity contribution in [3.8, 4) is 5.75 Å². The van der Waals surface area contributed by atoms with Crippen molar-refractivity contribution in [2.24, 2.45) is 0 Å². The molecule has 0 unspecified atom stereocenters. The summed E-state index contributed by atoms with van der Waals surface area (Å²) in [5.41, 5.74) is 0.578. The minimum atomic E-state index is -0.636. The van der Waals surface area contributed by atoms with Gasteiger partial charge in [0.2, 0.25) is 0 Å². The van der Waals surface area contributed by atoms with Crippen LogP contribution < -0.4 is 4.74 Å². The number of amides is 2. The summed E-state index contributed by atoms with van der Waals surface area (Å²) in [7, 11) is 0. The summed E-state index contributed by atoms with van der Waals surface area (Å²) < 4.78 is 23.2. The zero-order chi connectivity index (χ0) is 19.4. The molecule has 0 N–H and O–H groups in total. The van der Waals surface area contributed by atoms with E-state index in [0.717, 1.165) is 4.90 Å². The van der Waals surface area contributed by atoms with Crippen LogP contribution in [0.25, 0.3) is 0 Å². The highest BCUT2D eigenvalue weighted by molar-refractivity contribution is 6.22. The molecule has 2 aromatic carbocycles. The Kier molecular flexibility index (Phi) is 5.30. The van der Waals surface area contributed by atoms with Gasteiger partial charge in [0.15, 0.2) is 0 Å². The number of fused-ring (bicyclic) bond motifs is 1. The summed E-state index contributed by atoms with van der Waals surface area (Å²) in [5, 5.41) is 0. The lowest BCUT2D eigenvalue weighted by Gasteiger charge is -2.09. The van der Waals surface area contributed by atoms with Gasteiger partial charge in [0.25, 0.3) is 11.8 Å². The summed E-state index contributed by atoms with van der Waals surface area (Å²) >= 11 is 0. The third-order valence-corrected chi connectivity index (χ3v) is 3.92.